The van der Waals surface area contributed by atoms with Gasteiger partial charge in [0.25, 0.3) is 0 Å². The molecule has 1 aromatic rings. The molecule has 0 fully saturated rings. The predicted octanol–water partition coefficient (Wildman–Crippen LogP) is 2.21. The molecule has 82 valence electrons. The van der Waals surface area contributed by atoms with Crippen molar-refractivity contribution in [3.8, 4) is 0 Å². The molecule has 1 aromatic carbocycles. The van der Waals surface area contributed by atoms with Crippen LogP contribution in [0, 0.1) is 11.6 Å². The zero-order valence-corrected chi connectivity index (χ0v) is 9.77. The first-order valence-electron chi connectivity index (χ1n) is 4.46. The highest BCUT2D eigenvalue weighted by molar-refractivity contribution is 6.88. The van der Waals surface area contributed by atoms with E-state index in [0.717, 1.165) is 6.07 Å². The van der Waals surface area contributed by atoms with Crippen LogP contribution in [0.2, 0.25) is 19.6 Å². The molecule has 0 aromatic heterocycles. The number of hydrogen-bond donors (Lipinski definition) is 1. The van der Waals surface area contributed by atoms with Gasteiger partial charge < -0.3 is 5.11 Å². The molecule has 0 heterocycles. The van der Waals surface area contributed by atoms with Gasteiger partial charge in [0, 0.05) is 0 Å². The minimum atomic E-state index is -1.83. The van der Waals surface area contributed by atoms with Gasteiger partial charge in [-0.2, -0.15) is 0 Å². The number of hydrogen-bond acceptors (Lipinski definition) is 1. The predicted molar refractivity (Wildman–Crippen MR) is 56.3 cm³/mol. The molecule has 0 spiro atoms. The van der Waals surface area contributed by atoms with E-state index in [0.29, 0.717) is 5.19 Å². The Labute approximate surface area is 87.6 Å². The van der Waals surface area contributed by atoms with Crippen LogP contribution in [0.3, 0.4) is 0 Å². The fourth-order valence-corrected chi connectivity index (χ4v) is 2.31. The van der Waals surface area contributed by atoms with Gasteiger partial charge >= 0.3 is 5.97 Å². The zero-order chi connectivity index (χ0) is 11.8. The Morgan fingerprint density at radius 2 is 1.80 bits per heavy atom. The molecule has 0 atom stereocenters. The van der Waals surface area contributed by atoms with Crippen molar-refractivity contribution in [3.05, 3.63) is 29.3 Å². The summed E-state index contributed by atoms with van der Waals surface area (Å²) < 4.78 is 26.2. The second-order valence-electron chi connectivity index (χ2n) is 4.37. The summed E-state index contributed by atoms with van der Waals surface area (Å²) in [5, 5.41) is 9.29. The van der Waals surface area contributed by atoms with Crippen LogP contribution < -0.4 is 5.19 Å². The number of halogens is 2. The summed E-state index contributed by atoms with van der Waals surface area (Å²) in [6.45, 7) is 5.81. The monoisotopic (exact) mass is 230 g/mol. The quantitative estimate of drug-likeness (QED) is 0.791. The molecule has 0 aliphatic rings. The average Bonchev–Trinajstić information content (AvgIpc) is 2.06. The topological polar surface area (TPSA) is 37.3 Å². The number of carbonyl (C=O) groups is 1. The lowest BCUT2D eigenvalue weighted by molar-refractivity contribution is 0.0691. The fraction of sp³-hybridized carbons (Fsp3) is 0.300. The molecule has 15 heavy (non-hydrogen) atoms. The van der Waals surface area contributed by atoms with Gasteiger partial charge in [0.15, 0.2) is 11.6 Å². The molecular formula is C10H12F2O2Si. The normalized spacial score (nSPS) is 11.5. The molecular weight excluding hydrogens is 218 g/mol. The highest BCUT2D eigenvalue weighted by Gasteiger charge is 2.23. The van der Waals surface area contributed by atoms with E-state index in [2.05, 4.69) is 0 Å². The molecule has 2 nitrogen and oxygen atoms in total. The van der Waals surface area contributed by atoms with Crippen LogP contribution in [0.15, 0.2) is 12.1 Å². The van der Waals surface area contributed by atoms with Gasteiger partial charge in [-0.3, -0.25) is 0 Å². The van der Waals surface area contributed by atoms with Gasteiger partial charge in [-0.05, 0) is 12.1 Å². The van der Waals surface area contributed by atoms with E-state index >= 15 is 0 Å². The molecule has 0 unspecified atom stereocenters. The SMILES string of the molecule is C[Si](C)(C)c1cc(F)c(F)c(C(=O)O)c1. The van der Waals surface area contributed by atoms with Crippen LogP contribution in [-0.4, -0.2) is 19.1 Å². The third kappa shape index (κ3) is 2.41. The maximum atomic E-state index is 13.1. The van der Waals surface area contributed by atoms with Crippen molar-refractivity contribution < 1.29 is 18.7 Å². The van der Waals surface area contributed by atoms with Gasteiger partial charge in [0.1, 0.15) is 0 Å². The van der Waals surface area contributed by atoms with Gasteiger partial charge in [-0.25, -0.2) is 13.6 Å². The molecule has 1 N–H and O–H groups in total. The molecule has 0 bridgehead atoms. The van der Waals surface area contributed by atoms with Crippen molar-refractivity contribution in [2.75, 3.05) is 0 Å². The largest absolute Gasteiger partial charge is 0.478 e. The number of carboxylic acid groups (broad SMARTS) is 1. The Bertz CT molecular complexity index is 411. The minimum Gasteiger partial charge on any atom is -0.478 e. The molecule has 0 saturated carbocycles. The Morgan fingerprint density at radius 3 is 2.20 bits per heavy atom. The van der Waals surface area contributed by atoms with E-state index in [4.69, 9.17) is 5.11 Å². The molecule has 0 aliphatic carbocycles. The molecule has 1 rings (SSSR count). The zero-order valence-electron chi connectivity index (χ0n) is 8.77. The maximum absolute atomic E-state index is 13.1. The molecule has 0 radical (unpaired) electrons. The lowest BCUT2D eigenvalue weighted by atomic mass is 10.2. The van der Waals surface area contributed by atoms with Crippen molar-refractivity contribution >= 4 is 19.2 Å². The lowest BCUT2D eigenvalue weighted by Gasteiger charge is -2.17. The van der Waals surface area contributed by atoms with Crippen molar-refractivity contribution in [2.24, 2.45) is 0 Å². The highest BCUT2D eigenvalue weighted by Crippen LogP contribution is 2.13. The van der Waals surface area contributed by atoms with Crippen LogP contribution in [0.5, 0.6) is 0 Å². The number of aromatic carboxylic acids is 1. The van der Waals surface area contributed by atoms with E-state index in [1.165, 1.54) is 6.07 Å². The summed E-state index contributed by atoms with van der Waals surface area (Å²) in [5.41, 5.74) is -0.590. The van der Waals surface area contributed by atoms with Crippen molar-refractivity contribution in [1.82, 2.24) is 0 Å². The first-order valence-corrected chi connectivity index (χ1v) is 7.96. The molecule has 0 saturated heterocycles. The molecule has 0 amide bonds. The summed E-state index contributed by atoms with van der Waals surface area (Å²) in [6, 6.07) is 2.32. The summed E-state index contributed by atoms with van der Waals surface area (Å²) >= 11 is 0. The van der Waals surface area contributed by atoms with Crippen LogP contribution >= 0.6 is 0 Å². The first-order chi connectivity index (χ1) is 6.73. The second-order valence-corrected chi connectivity index (χ2v) is 9.45. The Hall–Kier alpha value is -1.23. The van der Waals surface area contributed by atoms with Crippen molar-refractivity contribution in [2.45, 2.75) is 19.6 Å². The molecule has 0 aliphatic heterocycles. The van der Waals surface area contributed by atoms with Crippen LogP contribution in [0.25, 0.3) is 0 Å². The van der Waals surface area contributed by atoms with Crippen molar-refractivity contribution in [1.29, 1.82) is 0 Å². The van der Waals surface area contributed by atoms with E-state index in [1.54, 1.807) is 0 Å². The van der Waals surface area contributed by atoms with E-state index < -0.39 is 31.2 Å². The van der Waals surface area contributed by atoms with Crippen molar-refractivity contribution in [3.63, 3.8) is 0 Å². The van der Waals surface area contributed by atoms with Gasteiger partial charge in [-0.15, -0.1) is 0 Å². The van der Waals surface area contributed by atoms with Crippen LogP contribution in [0.1, 0.15) is 10.4 Å². The lowest BCUT2D eigenvalue weighted by Crippen LogP contribution is -2.38. The minimum absolute atomic E-state index is 0.590. The van der Waals surface area contributed by atoms with E-state index in [-0.39, 0.29) is 0 Å². The summed E-state index contributed by atoms with van der Waals surface area (Å²) in [7, 11) is -1.83. The Kier molecular flexibility index (Phi) is 2.94. The number of carboxylic acids is 1. The number of rotatable bonds is 2. The smallest absolute Gasteiger partial charge is 0.338 e. The Balaban J connectivity index is 3.43. The highest BCUT2D eigenvalue weighted by atomic mass is 28.3. The standard InChI is InChI=1S/C10H12F2O2Si/c1-15(2,3)6-4-7(10(13)14)9(12)8(11)5-6/h4-5H,1-3H3,(H,13,14). The second kappa shape index (κ2) is 3.73. The van der Waals surface area contributed by atoms with Crippen LogP contribution in [0.4, 0.5) is 8.78 Å². The maximum Gasteiger partial charge on any atom is 0.338 e. The third-order valence-corrected chi connectivity index (χ3v) is 4.15. The summed E-state index contributed by atoms with van der Waals surface area (Å²) in [4.78, 5) is 10.7. The summed E-state index contributed by atoms with van der Waals surface area (Å²) in [6.07, 6.45) is 0. The fourth-order valence-electron chi connectivity index (χ4n) is 1.18. The third-order valence-electron chi connectivity index (χ3n) is 2.12. The first kappa shape index (κ1) is 11.8. The van der Waals surface area contributed by atoms with Gasteiger partial charge in [0.05, 0.1) is 13.6 Å². The van der Waals surface area contributed by atoms with Gasteiger partial charge in [-0.1, -0.05) is 24.8 Å². The van der Waals surface area contributed by atoms with Gasteiger partial charge in [0.2, 0.25) is 0 Å². The van der Waals surface area contributed by atoms with E-state index in [1.807, 2.05) is 19.6 Å². The molecule has 5 heteroatoms. The summed E-state index contributed by atoms with van der Waals surface area (Å²) in [5.74, 6) is -3.82. The number of benzene rings is 1. The average molecular weight is 230 g/mol. The van der Waals surface area contributed by atoms with E-state index in [9.17, 15) is 13.6 Å². The van der Waals surface area contributed by atoms with Crippen LogP contribution in [-0.2, 0) is 0 Å². The Morgan fingerprint density at radius 1 is 1.27 bits per heavy atom.